The summed E-state index contributed by atoms with van der Waals surface area (Å²) in [4.78, 5) is 26.9. The smallest absolute Gasteiger partial charge is 0.287 e. The summed E-state index contributed by atoms with van der Waals surface area (Å²) in [6.07, 6.45) is 2.39. The normalized spacial score (nSPS) is 26.8. The molecule has 2 fully saturated rings. The zero-order chi connectivity index (χ0) is 17.8. The standard InChI is InChI=1S/C19H27N3O3/c1-3-22-18(23)13-17(19(22)24)21-11-9-15(10-12-21)20-14-5-7-16(8-6-14)25-4-2/h5-8,15,17,20H,3-4,9-13H2,1-2H3/p+1/t17-/m1/s1. The molecule has 1 aromatic rings. The summed E-state index contributed by atoms with van der Waals surface area (Å²) in [6, 6.07) is 8.29. The SMILES string of the molecule is CCOc1ccc(NC2CC[NH+]([C@@H]3CC(=O)N(CC)C3=O)CC2)cc1. The van der Waals surface area contributed by atoms with Crippen molar-refractivity contribution in [2.24, 2.45) is 0 Å². The maximum Gasteiger partial charge on any atom is 0.287 e. The molecule has 0 radical (unpaired) electrons. The van der Waals surface area contributed by atoms with E-state index in [0.717, 1.165) is 37.4 Å². The monoisotopic (exact) mass is 346 g/mol. The maximum absolute atomic E-state index is 12.4. The van der Waals surface area contributed by atoms with Crippen LogP contribution in [0, 0.1) is 0 Å². The highest BCUT2D eigenvalue weighted by Gasteiger charge is 2.45. The van der Waals surface area contributed by atoms with Gasteiger partial charge in [0.1, 0.15) is 5.75 Å². The van der Waals surface area contributed by atoms with E-state index in [0.29, 0.717) is 25.6 Å². The van der Waals surface area contributed by atoms with Crippen LogP contribution in [-0.2, 0) is 9.59 Å². The van der Waals surface area contributed by atoms with E-state index in [4.69, 9.17) is 4.74 Å². The van der Waals surface area contributed by atoms with Crippen molar-refractivity contribution in [2.45, 2.75) is 45.2 Å². The Morgan fingerprint density at radius 3 is 2.40 bits per heavy atom. The molecule has 2 saturated heterocycles. The van der Waals surface area contributed by atoms with Gasteiger partial charge < -0.3 is 15.0 Å². The van der Waals surface area contributed by atoms with Crippen LogP contribution in [0.3, 0.4) is 0 Å². The van der Waals surface area contributed by atoms with E-state index in [9.17, 15) is 9.59 Å². The Hall–Kier alpha value is -2.08. The first-order valence-electron chi connectivity index (χ1n) is 9.30. The highest BCUT2D eigenvalue weighted by Crippen LogP contribution is 2.18. The number of carbonyl (C=O) groups is 2. The molecule has 1 atom stereocenters. The van der Waals surface area contributed by atoms with Gasteiger partial charge in [-0.05, 0) is 38.1 Å². The first kappa shape index (κ1) is 17.7. The molecule has 0 unspecified atom stereocenters. The molecular formula is C19H28N3O3+. The van der Waals surface area contributed by atoms with Gasteiger partial charge in [-0.3, -0.25) is 14.5 Å². The second-order valence-corrected chi connectivity index (χ2v) is 6.77. The minimum Gasteiger partial charge on any atom is -0.494 e. The zero-order valence-electron chi connectivity index (χ0n) is 15.1. The summed E-state index contributed by atoms with van der Waals surface area (Å²) < 4.78 is 5.46. The summed E-state index contributed by atoms with van der Waals surface area (Å²) >= 11 is 0. The van der Waals surface area contributed by atoms with E-state index in [-0.39, 0.29) is 17.9 Å². The Balaban J connectivity index is 1.50. The molecule has 0 saturated carbocycles. The van der Waals surface area contributed by atoms with Gasteiger partial charge in [-0.2, -0.15) is 0 Å². The van der Waals surface area contributed by atoms with Gasteiger partial charge in [-0.15, -0.1) is 0 Å². The Morgan fingerprint density at radius 2 is 1.84 bits per heavy atom. The lowest BCUT2D eigenvalue weighted by Gasteiger charge is -2.32. The first-order valence-corrected chi connectivity index (χ1v) is 9.30. The number of imide groups is 1. The van der Waals surface area contributed by atoms with Crippen molar-refractivity contribution in [2.75, 3.05) is 31.6 Å². The van der Waals surface area contributed by atoms with Crippen molar-refractivity contribution in [3.8, 4) is 5.75 Å². The van der Waals surface area contributed by atoms with E-state index in [1.165, 1.54) is 9.80 Å². The number of anilines is 1. The third-order valence-electron chi connectivity index (χ3n) is 5.22. The maximum atomic E-state index is 12.4. The van der Waals surface area contributed by atoms with E-state index in [1.807, 2.05) is 38.1 Å². The summed E-state index contributed by atoms with van der Waals surface area (Å²) in [7, 11) is 0. The molecule has 1 aromatic carbocycles. The van der Waals surface area contributed by atoms with Crippen LogP contribution in [0.25, 0.3) is 0 Å². The van der Waals surface area contributed by atoms with Gasteiger partial charge in [0.15, 0.2) is 6.04 Å². The summed E-state index contributed by atoms with van der Waals surface area (Å²) in [5, 5.41) is 3.57. The van der Waals surface area contributed by atoms with E-state index >= 15 is 0 Å². The molecule has 2 aliphatic heterocycles. The van der Waals surface area contributed by atoms with Crippen LogP contribution in [0.4, 0.5) is 5.69 Å². The number of benzene rings is 1. The Kier molecular flexibility index (Phi) is 5.58. The molecular weight excluding hydrogens is 318 g/mol. The van der Waals surface area contributed by atoms with Crippen molar-refractivity contribution in [1.29, 1.82) is 0 Å². The minimum atomic E-state index is -0.168. The number of ether oxygens (including phenoxy) is 1. The number of rotatable bonds is 6. The van der Waals surface area contributed by atoms with Gasteiger partial charge in [0.05, 0.1) is 26.1 Å². The van der Waals surface area contributed by atoms with E-state index < -0.39 is 0 Å². The van der Waals surface area contributed by atoms with Crippen molar-refractivity contribution < 1.29 is 19.2 Å². The highest BCUT2D eigenvalue weighted by molar-refractivity contribution is 6.04. The van der Waals surface area contributed by atoms with E-state index in [1.54, 1.807) is 0 Å². The average molecular weight is 346 g/mol. The molecule has 2 heterocycles. The summed E-state index contributed by atoms with van der Waals surface area (Å²) in [6.45, 7) is 6.85. The minimum absolute atomic E-state index is 0.0142. The lowest BCUT2D eigenvalue weighted by molar-refractivity contribution is -0.919. The zero-order valence-corrected chi connectivity index (χ0v) is 15.1. The number of nitrogens with one attached hydrogen (secondary N) is 2. The largest absolute Gasteiger partial charge is 0.494 e. The number of likely N-dealkylation sites (tertiary alicyclic amines) is 2. The van der Waals surface area contributed by atoms with Gasteiger partial charge in [0.25, 0.3) is 5.91 Å². The molecule has 0 bridgehead atoms. The second kappa shape index (κ2) is 7.87. The van der Waals surface area contributed by atoms with Crippen molar-refractivity contribution in [3.05, 3.63) is 24.3 Å². The fraction of sp³-hybridized carbons (Fsp3) is 0.579. The van der Waals surface area contributed by atoms with Crippen molar-refractivity contribution in [1.82, 2.24) is 4.90 Å². The molecule has 6 nitrogen and oxygen atoms in total. The highest BCUT2D eigenvalue weighted by atomic mass is 16.5. The number of hydrogen-bond donors (Lipinski definition) is 2. The van der Waals surface area contributed by atoms with Crippen LogP contribution in [0.1, 0.15) is 33.1 Å². The fourth-order valence-electron chi connectivity index (χ4n) is 3.87. The Morgan fingerprint density at radius 1 is 1.16 bits per heavy atom. The van der Waals surface area contributed by atoms with Crippen LogP contribution in [0.15, 0.2) is 24.3 Å². The van der Waals surface area contributed by atoms with E-state index in [2.05, 4.69) is 5.32 Å². The van der Waals surface area contributed by atoms with Gasteiger partial charge in [-0.1, -0.05) is 0 Å². The van der Waals surface area contributed by atoms with Gasteiger partial charge in [-0.25, -0.2) is 0 Å². The summed E-state index contributed by atoms with van der Waals surface area (Å²) in [5.41, 5.74) is 1.10. The van der Waals surface area contributed by atoms with Crippen LogP contribution in [0.2, 0.25) is 0 Å². The second-order valence-electron chi connectivity index (χ2n) is 6.77. The van der Waals surface area contributed by atoms with Crippen LogP contribution >= 0.6 is 0 Å². The quantitative estimate of drug-likeness (QED) is 0.744. The van der Waals surface area contributed by atoms with Gasteiger partial charge in [0.2, 0.25) is 5.91 Å². The molecule has 0 aliphatic carbocycles. The molecule has 0 aromatic heterocycles. The number of hydrogen-bond acceptors (Lipinski definition) is 4. The number of quaternary nitrogens is 1. The molecule has 6 heteroatoms. The van der Waals surface area contributed by atoms with Crippen LogP contribution < -0.4 is 15.0 Å². The fourth-order valence-corrected chi connectivity index (χ4v) is 3.87. The molecule has 0 spiro atoms. The molecule has 2 N–H and O–H groups in total. The van der Waals surface area contributed by atoms with Crippen molar-refractivity contribution >= 4 is 17.5 Å². The molecule has 136 valence electrons. The lowest BCUT2D eigenvalue weighted by atomic mass is 10.0. The number of amides is 2. The Labute approximate surface area is 149 Å². The molecule has 2 aliphatic rings. The number of piperidine rings is 1. The van der Waals surface area contributed by atoms with Gasteiger partial charge >= 0.3 is 0 Å². The predicted octanol–water partition coefficient (Wildman–Crippen LogP) is 0.692. The molecule has 25 heavy (non-hydrogen) atoms. The first-order chi connectivity index (χ1) is 12.1. The van der Waals surface area contributed by atoms with Crippen LogP contribution in [-0.4, -0.2) is 55.0 Å². The topological polar surface area (TPSA) is 63.1 Å². The van der Waals surface area contributed by atoms with Crippen LogP contribution in [0.5, 0.6) is 5.75 Å². The number of carbonyl (C=O) groups excluding carboxylic acids is 2. The Bertz CT molecular complexity index is 609. The van der Waals surface area contributed by atoms with Gasteiger partial charge in [0, 0.05) is 31.1 Å². The third-order valence-corrected chi connectivity index (χ3v) is 5.22. The predicted molar refractivity (Wildman–Crippen MR) is 95.8 cm³/mol. The average Bonchev–Trinajstić information content (AvgIpc) is 2.91. The number of nitrogens with zero attached hydrogens (tertiary/aromatic N) is 1. The van der Waals surface area contributed by atoms with Crippen molar-refractivity contribution in [3.63, 3.8) is 0 Å². The summed E-state index contributed by atoms with van der Waals surface area (Å²) in [5.74, 6) is 0.886. The molecule has 3 rings (SSSR count). The molecule has 2 amide bonds. The third kappa shape index (κ3) is 3.95. The number of likely N-dealkylation sites (N-methyl/N-ethyl adjacent to an activating group) is 1. The lowest BCUT2D eigenvalue weighted by Crippen LogP contribution is -3.17.